The molecule has 366 valence electrons. The van der Waals surface area contributed by atoms with Crippen molar-refractivity contribution >= 4 is 118 Å². The lowest BCUT2D eigenvalue weighted by Gasteiger charge is -2.19. The molecule has 0 N–H and O–H groups in total. The minimum absolute atomic E-state index is 1.16. The number of thiophene rings is 1. The summed E-state index contributed by atoms with van der Waals surface area (Å²) in [7, 11) is 0. The maximum atomic E-state index is 2.47. The first kappa shape index (κ1) is 44.1. The van der Waals surface area contributed by atoms with E-state index < -0.39 is 0 Å². The van der Waals surface area contributed by atoms with Gasteiger partial charge < -0.3 is 9.13 Å². The second kappa shape index (κ2) is 17.2. The Morgan fingerprint density at radius 1 is 0.228 bits per heavy atom. The highest BCUT2D eigenvalue weighted by Gasteiger charge is 2.24. The van der Waals surface area contributed by atoms with Crippen LogP contribution in [0.1, 0.15) is 0 Å². The molecule has 0 bridgehead atoms. The molecule has 0 fully saturated rings. The van der Waals surface area contributed by atoms with Crippen LogP contribution in [-0.2, 0) is 0 Å². The second-order valence-electron chi connectivity index (χ2n) is 21.0. The van der Waals surface area contributed by atoms with E-state index in [0.717, 1.165) is 11.4 Å². The molecule has 0 amide bonds. The Balaban J connectivity index is 0.870. The van der Waals surface area contributed by atoms with E-state index in [1.54, 1.807) is 0 Å². The smallest absolute Gasteiger partial charge is 0.0547 e. The molecule has 14 aromatic carbocycles. The molecule has 0 saturated carbocycles. The van der Waals surface area contributed by atoms with Gasteiger partial charge in [-0.15, -0.1) is 11.3 Å². The molecular weight excluding hydrogens is 973 g/mol. The van der Waals surface area contributed by atoms with Crippen LogP contribution >= 0.6 is 11.3 Å². The first-order chi connectivity index (χ1) is 39.2. The summed E-state index contributed by atoms with van der Waals surface area (Å²) in [6, 6.07) is 104. The van der Waals surface area contributed by atoms with Gasteiger partial charge in [0.25, 0.3) is 0 Å². The van der Waals surface area contributed by atoms with Crippen molar-refractivity contribution in [1.29, 1.82) is 0 Å². The zero-order chi connectivity index (χ0) is 51.7. The second-order valence-corrected chi connectivity index (χ2v) is 22.1. The molecular formula is C76H46N2S. The number of nitrogens with zero attached hydrogens (tertiary/aromatic N) is 2. The molecule has 0 aliphatic heterocycles. The molecule has 3 heteroatoms. The first-order valence-corrected chi connectivity index (χ1v) is 28.1. The molecule has 0 atom stereocenters. The summed E-state index contributed by atoms with van der Waals surface area (Å²) < 4.78 is 7.41. The van der Waals surface area contributed by atoms with Crippen LogP contribution in [0.4, 0.5) is 0 Å². The van der Waals surface area contributed by atoms with Gasteiger partial charge in [0.15, 0.2) is 0 Å². The van der Waals surface area contributed by atoms with Gasteiger partial charge in [-0.3, -0.25) is 0 Å². The van der Waals surface area contributed by atoms with Crippen LogP contribution in [0, 0.1) is 0 Å². The van der Waals surface area contributed by atoms with Crippen molar-refractivity contribution in [2.45, 2.75) is 0 Å². The van der Waals surface area contributed by atoms with Crippen molar-refractivity contribution in [3.8, 4) is 55.9 Å². The highest BCUT2D eigenvalue weighted by molar-refractivity contribution is 7.26. The van der Waals surface area contributed by atoms with Crippen LogP contribution in [0.2, 0.25) is 0 Å². The Morgan fingerprint density at radius 3 is 1.27 bits per heavy atom. The molecule has 0 radical (unpaired) electrons. The number of hydrogen-bond donors (Lipinski definition) is 0. The SMILES string of the molecule is c1ccc(-n2c3ccccc3c3c(-c4cccc5c(-c6ccc7c(c6)sc6cccc(-c8c9ccccc9c(-c9cccc%10c9c9ccccc9n%10-c9ccccc9)c9ccccc89)c67)c6ccccc6cc45)cccc32)cc1. The van der Waals surface area contributed by atoms with Crippen molar-refractivity contribution < 1.29 is 0 Å². The molecule has 3 heterocycles. The Bertz CT molecular complexity index is 5310. The van der Waals surface area contributed by atoms with Crippen molar-refractivity contribution in [3.63, 3.8) is 0 Å². The third-order valence-corrected chi connectivity index (χ3v) is 18.0. The van der Waals surface area contributed by atoms with Crippen LogP contribution in [0.5, 0.6) is 0 Å². The fourth-order valence-electron chi connectivity index (χ4n) is 13.7. The van der Waals surface area contributed by atoms with Gasteiger partial charge in [-0.25, -0.2) is 0 Å². The summed E-state index contributed by atoms with van der Waals surface area (Å²) in [5, 5.41) is 17.6. The standard InChI is InChI=1S/C76H46N2S/c1-3-22-49(23-4-1)77-65-38-15-13-31-59(65)74-53(35-18-40-67(74)77)52-33-17-34-58-64(52)45-47-21-7-8-26-51(47)71(58)48-43-44-61-70(46-48)79-69-42-20-37-63(76(61)69)73-56-29-11-9-27-54(56)72(55-28-10-12-30-57(55)73)62-36-19-41-68-75(62)60-32-14-16-39-66(60)78(68)50-24-5-2-6-25-50/h1-46H. The van der Waals surface area contributed by atoms with E-state index in [-0.39, 0.29) is 0 Å². The van der Waals surface area contributed by atoms with Crippen LogP contribution in [-0.4, -0.2) is 9.13 Å². The van der Waals surface area contributed by atoms with Crippen molar-refractivity contribution in [2.75, 3.05) is 0 Å². The number of benzene rings is 14. The average molecular weight is 1020 g/mol. The normalized spacial score (nSPS) is 12.1. The maximum absolute atomic E-state index is 2.47. The van der Waals surface area contributed by atoms with Gasteiger partial charge in [-0.1, -0.05) is 212 Å². The summed E-state index contributed by atoms with van der Waals surface area (Å²) in [5.74, 6) is 0. The predicted molar refractivity (Wildman–Crippen MR) is 340 cm³/mol. The monoisotopic (exact) mass is 1020 g/mol. The summed E-state index contributed by atoms with van der Waals surface area (Å²) in [4.78, 5) is 0. The average Bonchev–Trinajstić information content (AvgIpc) is 4.26. The third kappa shape index (κ3) is 6.45. The molecule has 0 aliphatic carbocycles. The van der Waals surface area contributed by atoms with E-state index in [1.165, 1.54) is 151 Å². The van der Waals surface area contributed by atoms with Crippen molar-refractivity contribution in [1.82, 2.24) is 9.13 Å². The minimum atomic E-state index is 1.16. The topological polar surface area (TPSA) is 9.86 Å². The molecule has 17 rings (SSSR count). The highest BCUT2D eigenvalue weighted by Crippen LogP contribution is 2.51. The van der Waals surface area contributed by atoms with E-state index >= 15 is 0 Å². The van der Waals surface area contributed by atoms with E-state index in [1.807, 2.05) is 11.3 Å². The molecule has 3 aromatic heterocycles. The van der Waals surface area contributed by atoms with Gasteiger partial charge in [-0.2, -0.15) is 0 Å². The molecule has 0 aliphatic rings. The highest BCUT2D eigenvalue weighted by atomic mass is 32.1. The Hall–Kier alpha value is -10.1. The molecule has 2 nitrogen and oxygen atoms in total. The van der Waals surface area contributed by atoms with Crippen LogP contribution in [0.15, 0.2) is 279 Å². The fraction of sp³-hybridized carbons (Fsp3) is 0. The summed E-state index contributed by atoms with van der Waals surface area (Å²) in [6.45, 7) is 0. The van der Waals surface area contributed by atoms with Gasteiger partial charge in [0.2, 0.25) is 0 Å². The minimum Gasteiger partial charge on any atom is -0.309 e. The number of hydrogen-bond acceptors (Lipinski definition) is 1. The van der Waals surface area contributed by atoms with Gasteiger partial charge >= 0.3 is 0 Å². The Kier molecular flexibility index (Phi) is 9.62. The largest absolute Gasteiger partial charge is 0.309 e. The quantitative estimate of drug-likeness (QED) is 0.147. The van der Waals surface area contributed by atoms with E-state index in [4.69, 9.17) is 0 Å². The number of rotatable bonds is 6. The van der Waals surface area contributed by atoms with E-state index in [0.29, 0.717) is 0 Å². The Labute approximate surface area is 459 Å². The van der Waals surface area contributed by atoms with Gasteiger partial charge in [0.05, 0.1) is 22.1 Å². The van der Waals surface area contributed by atoms with Crippen molar-refractivity contribution in [2.24, 2.45) is 0 Å². The van der Waals surface area contributed by atoms with Crippen LogP contribution in [0.25, 0.3) is 163 Å². The molecule has 0 unspecified atom stereocenters. The third-order valence-electron chi connectivity index (χ3n) is 16.9. The Morgan fingerprint density at radius 2 is 0.658 bits per heavy atom. The summed E-state index contributed by atoms with van der Waals surface area (Å²) in [6.07, 6.45) is 0. The molecule has 0 spiro atoms. The maximum Gasteiger partial charge on any atom is 0.0547 e. The summed E-state index contributed by atoms with van der Waals surface area (Å²) in [5.41, 5.74) is 17.2. The van der Waals surface area contributed by atoms with Gasteiger partial charge in [-0.05, 0) is 154 Å². The van der Waals surface area contributed by atoms with E-state index in [2.05, 4.69) is 288 Å². The first-order valence-electron chi connectivity index (χ1n) is 27.2. The lowest BCUT2D eigenvalue weighted by Crippen LogP contribution is -1.94. The van der Waals surface area contributed by atoms with Crippen LogP contribution < -0.4 is 0 Å². The van der Waals surface area contributed by atoms with Crippen molar-refractivity contribution in [3.05, 3.63) is 279 Å². The van der Waals surface area contributed by atoms with Crippen LogP contribution in [0.3, 0.4) is 0 Å². The zero-order valence-corrected chi connectivity index (χ0v) is 43.7. The zero-order valence-electron chi connectivity index (χ0n) is 42.9. The fourth-order valence-corrected chi connectivity index (χ4v) is 14.9. The molecule has 0 saturated heterocycles. The number of aromatic nitrogens is 2. The van der Waals surface area contributed by atoms with Gasteiger partial charge in [0, 0.05) is 53.1 Å². The van der Waals surface area contributed by atoms with E-state index in [9.17, 15) is 0 Å². The summed E-state index contributed by atoms with van der Waals surface area (Å²) >= 11 is 1.90. The molecule has 17 aromatic rings. The number of para-hydroxylation sites is 4. The van der Waals surface area contributed by atoms with Gasteiger partial charge in [0.1, 0.15) is 0 Å². The molecule has 79 heavy (non-hydrogen) atoms. The predicted octanol–water partition coefficient (Wildman–Crippen LogP) is 21.5. The lowest BCUT2D eigenvalue weighted by atomic mass is 9.84. The number of fused-ring (bicyclic) bond motifs is 13. The lowest BCUT2D eigenvalue weighted by molar-refractivity contribution is 1.18.